The van der Waals surface area contributed by atoms with Crippen molar-refractivity contribution >= 4 is 27.4 Å². The van der Waals surface area contributed by atoms with Gasteiger partial charge in [-0.3, -0.25) is 4.72 Å². The molecular formula is C18H17N3O3S. The Hall–Kier alpha value is -2.98. The number of nitrogens with zero attached hydrogens (tertiary/aromatic N) is 1. The third kappa shape index (κ3) is 2.81. The summed E-state index contributed by atoms with van der Waals surface area (Å²) in [6.45, 7) is 0. The first-order chi connectivity index (χ1) is 11.8. The number of terminal acetylenes is 1. The van der Waals surface area contributed by atoms with Crippen LogP contribution in [0.4, 0.5) is 16.2 Å². The Labute approximate surface area is 146 Å². The van der Waals surface area contributed by atoms with Crippen LogP contribution >= 0.6 is 0 Å². The van der Waals surface area contributed by atoms with Crippen molar-refractivity contribution in [3.8, 4) is 12.3 Å². The Morgan fingerprint density at radius 3 is 2.48 bits per heavy atom. The molecule has 2 aromatic carbocycles. The lowest BCUT2D eigenvalue weighted by atomic mass is 9.80. The predicted molar refractivity (Wildman–Crippen MR) is 97.7 cm³/mol. The van der Waals surface area contributed by atoms with Gasteiger partial charge in [-0.2, -0.15) is 0 Å². The summed E-state index contributed by atoms with van der Waals surface area (Å²) < 4.78 is 25.6. The minimum Gasteiger partial charge on any atom is -0.307 e. The van der Waals surface area contributed by atoms with Gasteiger partial charge in [0, 0.05) is 24.0 Å². The zero-order chi connectivity index (χ0) is 18.2. The van der Waals surface area contributed by atoms with Gasteiger partial charge >= 0.3 is 6.03 Å². The van der Waals surface area contributed by atoms with Crippen molar-refractivity contribution in [2.45, 2.75) is 5.54 Å². The van der Waals surface area contributed by atoms with E-state index in [-0.39, 0.29) is 6.03 Å². The van der Waals surface area contributed by atoms with Gasteiger partial charge in [0.05, 0.1) is 6.26 Å². The Kier molecular flexibility index (Phi) is 3.93. The van der Waals surface area contributed by atoms with Gasteiger partial charge in [0.2, 0.25) is 10.0 Å². The van der Waals surface area contributed by atoms with Crippen LogP contribution in [-0.4, -0.2) is 32.7 Å². The minimum absolute atomic E-state index is 0.335. The summed E-state index contributed by atoms with van der Waals surface area (Å²) in [6.07, 6.45) is 6.98. The number of anilines is 2. The van der Waals surface area contributed by atoms with Crippen molar-refractivity contribution in [3.63, 3.8) is 0 Å². The molecule has 0 radical (unpaired) electrons. The van der Waals surface area contributed by atoms with Gasteiger partial charge in [0.25, 0.3) is 0 Å². The van der Waals surface area contributed by atoms with Crippen LogP contribution in [-0.2, 0) is 15.6 Å². The molecule has 1 aliphatic heterocycles. The highest BCUT2D eigenvalue weighted by molar-refractivity contribution is 7.92. The highest BCUT2D eigenvalue weighted by Gasteiger charge is 2.44. The van der Waals surface area contributed by atoms with E-state index >= 15 is 0 Å². The number of sulfonamides is 1. The van der Waals surface area contributed by atoms with E-state index in [2.05, 4.69) is 16.0 Å². The molecule has 25 heavy (non-hydrogen) atoms. The van der Waals surface area contributed by atoms with Crippen molar-refractivity contribution in [1.29, 1.82) is 0 Å². The summed E-state index contributed by atoms with van der Waals surface area (Å²) in [4.78, 5) is 13.9. The number of hydrogen-bond donors (Lipinski definition) is 2. The van der Waals surface area contributed by atoms with Crippen molar-refractivity contribution < 1.29 is 13.2 Å². The molecule has 0 saturated heterocycles. The number of amides is 2. The van der Waals surface area contributed by atoms with E-state index in [1.165, 1.54) is 4.90 Å². The molecule has 0 aliphatic carbocycles. The quantitative estimate of drug-likeness (QED) is 0.830. The van der Waals surface area contributed by atoms with E-state index < -0.39 is 15.6 Å². The Balaban J connectivity index is 2.28. The molecule has 1 unspecified atom stereocenters. The Morgan fingerprint density at radius 2 is 1.88 bits per heavy atom. The fraction of sp³-hybridized carbons (Fsp3) is 0.167. The van der Waals surface area contributed by atoms with Gasteiger partial charge in [0.15, 0.2) is 5.54 Å². The second kappa shape index (κ2) is 5.83. The summed E-state index contributed by atoms with van der Waals surface area (Å²) in [5, 5.41) is 2.77. The van der Waals surface area contributed by atoms with E-state index in [4.69, 9.17) is 6.42 Å². The molecule has 0 bridgehead atoms. The maximum Gasteiger partial charge on any atom is 0.323 e. The maximum absolute atomic E-state index is 12.4. The minimum atomic E-state index is -3.44. The number of fused-ring (bicyclic) bond motifs is 1. The normalized spacial score (nSPS) is 19.6. The molecule has 2 aromatic rings. The monoisotopic (exact) mass is 355 g/mol. The van der Waals surface area contributed by atoms with Crippen molar-refractivity contribution in [1.82, 2.24) is 4.90 Å². The van der Waals surface area contributed by atoms with Crippen molar-refractivity contribution in [2.24, 2.45) is 0 Å². The summed E-state index contributed by atoms with van der Waals surface area (Å²) in [5.41, 5.74) is 1.14. The van der Waals surface area contributed by atoms with Crippen LogP contribution in [0.5, 0.6) is 0 Å². The third-order valence-corrected chi connectivity index (χ3v) is 4.77. The summed E-state index contributed by atoms with van der Waals surface area (Å²) in [6, 6.07) is 13.8. The van der Waals surface area contributed by atoms with E-state index in [0.717, 1.165) is 11.8 Å². The first-order valence-electron chi connectivity index (χ1n) is 7.48. The number of hydrogen-bond acceptors (Lipinski definition) is 3. The number of benzene rings is 2. The zero-order valence-corrected chi connectivity index (χ0v) is 14.6. The molecule has 1 heterocycles. The maximum atomic E-state index is 12.4. The van der Waals surface area contributed by atoms with Gasteiger partial charge in [0.1, 0.15) is 0 Å². The molecule has 1 aliphatic rings. The van der Waals surface area contributed by atoms with E-state index in [9.17, 15) is 13.2 Å². The molecule has 0 saturated carbocycles. The molecule has 2 N–H and O–H groups in total. The molecule has 0 fully saturated rings. The highest BCUT2D eigenvalue weighted by Crippen LogP contribution is 2.43. The average molecular weight is 355 g/mol. The number of rotatable bonds is 3. The van der Waals surface area contributed by atoms with Crippen LogP contribution in [0.1, 0.15) is 11.1 Å². The van der Waals surface area contributed by atoms with Crippen LogP contribution in [0.25, 0.3) is 0 Å². The van der Waals surface area contributed by atoms with Gasteiger partial charge < -0.3 is 10.2 Å². The lowest BCUT2D eigenvalue weighted by Gasteiger charge is -2.43. The van der Waals surface area contributed by atoms with Crippen LogP contribution in [0.15, 0.2) is 48.5 Å². The molecule has 6 nitrogen and oxygen atoms in total. The van der Waals surface area contributed by atoms with Crippen LogP contribution < -0.4 is 10.0 Å². The number of carbonyl (C=O) groups excluding carboxylic acids is 1. The molecule has 0 spiro atoms. The molecule has 0 aromatic heterocycles. The van der Waals surface area contributed by atoms with Gasteiger partial charge in [-0.25, -0.2) is 13.2 Å². The van der Waals surface area contributed by atoms with Crippen LogP contribution in [0, 0.1) is 12.3 Å². The molecule has 1 atom stereocenters. The standard InChI is InChI=1S/C18H17N3O3S/c1-4-18(13-8-6-5-7-9-13)15-12-14(20-25(3,23)24)10-11-16(15)19-17(22)21(18)2/h1,5-12,20H,2-3H3,(H,19,22). The van der Waals surface area contributed by atoms with Crippen molar-refractivity contribution in [2.75, 3.05) is 23.3 Å². The molecule has 128 valence electrons. The fourth-order valence-electron chi connectivity index (χ4n) is 3.05. The first-order valence-corrected chi connectivity index (χ1v) is 9.37. The molecular weight excluding hydrogens is 338 g/mol. The number of urea groups is 1. The van der Waals surface area contributed by atoms with Crippen molar-refractivity contribution in [3.05, 3.63) is 59.7 Å². The van der Waals surface area contributed by atoms with Gasteiger partial charge in [-0.05, 0) is 23.8 Å². The Morgan fingerprint density at radius 1 is 1.20 bits per heavy atom. The summed E-state index contributed by atoms with van der Waals surface area (Å²) >= 11 is 0. The zero-order valence-electron chi connectivity index (χ0n) is 13.8. The fourth-order valence-corrected chi connectivity index (χ4v) is 3.60. The number of nitrogens with one attached hydrogen (secondary N) is 2. The van der Waals surface area contributed by atoms with Gasteiger partial charge in [-0.15, -0.1) is 6.42 Å². The van der Waals surface area contributed by atoms with Gasteiger partial charge in [-0.1, -0.05) is 36.3 Å². The lowest BCUT2D eigenvalue weighted by Crippen LogP contribution is -2.52. The Bertz CT molecular complexity index is 980. The predicted octanol–water partition coefficient (Wildman–Crippen LogP) is 2.41. The molecule has 2 amide bonds. The lowest BCUT2D eigenvalue weighted by molar-refractivity contribution is 0.191. The molecule has 3 rings (SSSR count). The SMILES string of the molecule is C#CC1(c2ccccc2)c2cc(NS(C)(=O)=O)ccc2NC(=O)N1C. The van der Waals surface area contributed by atoms with E-state index in [0.29, 0.717) is 16.9 Å². The smallest absolute Gasteiger partial charge is 0.307 e. The summed E-state index contributed by atoms with van der Waals surface area (Å²) in [7, 11) is -1.83. The van der Waals surface area contributed by atoms with E-state index in [1.807, 2.05) is 30.3 Å². The first kappa shape index (κ1) is 16.9. The largest absolute Gasteiger partial charge is 0.323 e. The second-order valence-corrected chi connectivity index (χ2v) is 7.59. The summed E-state index contributed by atoms with van der Waals surface area (Å²) in [5.74, 6) is 2.75. The van der Waals surface area contributed by atoms with E-state index in [1.54, 1.807) is 25.2 Å². The van der Waals surface area contributed by atoms with Crippen LogP contribution in [0.3, 0.4) is 0 Å². The average Bonchev–Trinajstić information content (AvgIpc) is 2.56. The highest BCUT2D eigenvalue weighted by atomic mass is 32.2. The van der Waals surface area contributed by atoms with Crippen LogP contribution in [0.2, 0.25) is 0 Å². The third-order valence-electron chi connectivity index (χ3n) is 4.16. The number of carbonyl (C=O) groups is 1. The second-order valence-electron chi connectivity index (χ2n) is 5.84. The topological polar surface area (TPSA) is 78.5 Å². The molecule has 7 heteroatoms.